The van der Waals surface area contributed by atoms with Crippen LogP contribution < -0.4 is 5.32 Å². The van der Waals surface area contributed by atoms with Crippen molar-refractivity contribution >= 4 is 11.3 Å². The lowest BCUT2D eigenvalue weighted by Crippen LogP contribution is -2.05. The second-order valence-electron chi connectivity index (χ2n) is 5.42. The summed E-state index contributed by atoms with van der Waals surface area (Å²) in [5.74, 6) is -1.54. The Labute approximate surface area is 144 Å². The first-order chi connectivity index (χ1) is 12.5. The second kappa shape index (κ2) is 6.14. The molecule has 0 aliphatic carbocycles. The molecule has 0 amide bonds. The normalized spacial score (nSPS) is 11.8. The van der Waals surface area contributed by atoms with Crippen LogP contribution in [0.15, 0.2) is 53.6 Å². The van der Waals surface area contributed by atoms with Gasteiger partial charge in [0.05, 0.1) is 17.9 Å². The van der Waals surface area contributed by atoms with Crippen LogP contribution in [-0.4, -0.2) is 24.5 Å². The highest BCUT2D eigenvalue weighted by Gasteiger charge is 2.38. The first-order valence-corrected chi connectivity index (χ1v) is 7.52. The number of alkyl halides is 3. The zero-order valence-corrected chi connectivity index (χ0v) is 13.1. The summed E-state index contributed by atoms with van der Waals surface area (Å²) in [6.45, 7) is 0.445. The summed E-state index contributed by atoms with van der Waals surface area (Å²) < 4.78 is 43.6. The molecule has 0 saturated heterocycles. The summed E-state index contributed by atoms with van der Waals surface area (Å²) >= 11 is 0. The van der Waals surface area contributed by atoms with Gasteiger partial charge in [0.25, 0.3) is 0 Å². The molecule has 0 bridgehead atoms. The van der Waals surface area contributed by atoms with Gasteiger partial charge in [-0.1, -0.05) is 5.16 Å². The van der Waals surface area contributed by atoms with E-state index in [-0.39, 0.29) is 5.82 Å². The van der Waals surface area contributed by atoms with Crippen LogP contribution in [0.25, 0.3) is 17.0 Å². The van der Waals surface area contributed by atoms with Gasteiger partial charge in [-0.15, -0.1) is 0 Å². The van der Waals surface area contributed by atoms with E-state index >= 15 is 0 Å². The molecule has 0 unspecified atom stereocenters. The predicted molar refractivity (Wildman–Crippen MR) is 85.0 cm³/mol. The summed E-state index contributed by atoms with van der Waals surface area (Å²) in [6.07, 6.45) is 2.18. The van der Waals surface area contributed by atoms with E-state index < -0.39 is 12.1 Å². The number of hydrogen-bond donors (Lipinski definition) is 1. The molecule has 0 fully saturated rings. The lowest BCUT2D eigenvalue weighted by Gasteiger charge is -2.07. The van der Waals surface area contributed by atoms with Crippen molar-refractivity contribution in [2.75, 3.05) is 5.32 Å². The third-order valence-electron chi connectivity index (χ3n) is 3.61. The molecule has 10 heteroatoms. The van der Waals surface area contributed by atoms with E-state index in [1.807, 2.05) is 28.9 Å². The number of rotatable bonds is 4. The largest absolute Gasteiger partial charge is 0.471 e. The van der Waals surface area contributed by atoms with Gasteiger partial charge in [0.2, 0.25) is 5.82 Å². The maximum atomic E-state index is 12.5. The number of anilines is 1. The van der Waals surface area contributed by atoms with Crippen molar-refractivity contribution in [1.29, 1.82) is 0 Å². The van der Waals surface area contributed by atoms with E-state index in [9.17, 15) is 13.2 Å². The van der Waals surface area contributed by atoms with Gasteiger partial charge < -0.3 is 14.2 Å². The van der Waals surface area contributed by atoms with Gasteiger partial charge >= 0.3 is 12.1 Å². The molecule has 0 aliphatic heterocycles. The number of halogens is 3. The fourth-order valence-electron chi connectivity index (χ4n) is 2.33. The molecular formula is C16H11F3N6O. The number of aromatic nitrogens is 5. The molecule has 0 saturated carbocycles. The lowest BCUT2D eigenvalue weighted by molar-refractivity contribution is -0.159. The van der Waals surface area contributed by atoms with Crippen LogP contribution in [0.2, 0.25) is 0 Å². The Balaban J connectivity index is 1.45. The van der Waals surface area contributed by atoms with E-state index in [4.69, 9.17) is 0 Å². The van der Waals surface area contributed by atoms with Gasteiger partial charge in [0.1, 0.15) is 5.65 Å². The van der Waals surface area contributed by atoms with E-state index in [0.717, 1.165) is 11.3 Å². The minimum atomic E-state index is -4.67. The van der Waals surface area contributed by atoms with E-state index in [0.29, 0.717) is 17.8 Å². The summed E-state index contributed by atoms with van der Waals surface area (Å²) in [7, 11) is 0. The highest BCUT2D eigenvalue weighted by molar-refractivity contribution is 5.53. The average Bonchev–Trinajstić information content (AvgIpc) is 3.29. The van der Waals surface area contributed by atoms with E-state index in [2.05, 4.69) is 29.9 Å². The number of fused-ring (bicyclic) bond motifs is 1. The molecule has 0 atom stereocenters. The molecule has 0 aromatic carbocycles. The van der Waals surface area contributed by atoms with Crippen molar-refractivity contribution in [3.63, 3.8) is 0 Å². The van der Waals surface area contributed by atoms with E-state index in [1.54, 1.807) is 18.3 Å². The summed E-state index contributed by atoms with van der Waals surface area (Å²) in [5.41, 5.74) is 2.78. The van der Waals surface area contributed by atoms with Gasteiger partial charge in [0.15, 0.2) is 0 Å². The Kier molecular flexibility index (Phi) is 3.79. The first-order valence-electron chi connectivity index (χ1n) is 7.52. The van der Waals surface area contributed by atoms with Gasteiger partial charge in [0, 0.05) is 30.4 Å². The fraction of sp³-hybridized carbons (Fsp3) is 0.125. The van der Waals surface area contributed by atoms with Crippen LogP contribution in [0, 0.1) is 0 Å². The zero-order valence-electron chi connectivity index (χ0n) is 13.1. The van der Waals surface area contributed by atoms with Gasteiger partial charge in [-0.25, -0.2) is 4.98 Å². The maximum absolute atomic E-state index is 12.5. The van der Waals surface area contributed by atoms with Crippen molar-refractivity contribution in [2.45, 2.75) is 12.7 Å². The van der Waals surface area contributed by atoms with Gasteiger partial charge in [-0.2, -0.15) is 18.2 Å². The molecule has 0 aliphatic rings. The molecule has 4 aromatic heterocycles. The molecule has 1 N–H and O–H groups in total. The number of nitrogens with one attached hydrogen (secondary N) is 1. The van der Waals surface area contributed by atoms with Gasteiger partial charge in [-0.05, 0) is 24.3 Å². The molecule has 132 valence electrons. The third-order valence-corrected chi connectivity index (χ3v) is 3.61. The van der Waals surface area contributed by atoms with E-state index in [1.165, 1.54) is 6.20 Å². The monoisotopic (exact) mass is 360 g/mol. The van der Waals surface area contributed by atoms with Crippen LogP contribution in [0.3, 0.4) is 0 Å². The predicted octanol–water partition coefficient (Wildman–Crippen LogP) is 3.41. The Morgan fingerprint density at radius 2 is 2.00 bits per heavy atom. The fourth-order valence-corrected chi connectivity index (χ4v) is 2.33. The van der Waals surface area contributed by atoms with Crippen molar-refractivity contribution < 1.29 is 17.7 Å². The summed E-state index contributed by atoms with van der Waals surface area (Å²) in [6, 6.07) is 7.05. The molecule has 0 spiro atoms. The topological polar surface area (TPSA) is 81.1 Å². The smallest absolute Gasteiger partial charge is 0.378 e. The number of hydrogen-bond acceptors (Lipinski definition) is 6. The van der Waals surface area contributed by atoms with Crippen LogP contribution in [-0.2, 0) is 12.7 Å². The van der Waals surface area contributed by atoms with Crippen molar-refractivity contribution in [2.24, 2.45) is 0 Å². The SMILES string of the molecule is FC(F)(F)c1nc(-c2ccc(CNc3ccc4nccn4c3)nc2)no1. The van der Waals surface area contributed by atoms with Crippen LogP contribution in [0.5, 0.6) is 0 Å². The third kappa shape index (κ3) is 3.21. The Hall–Kier alpha value is -3.43. The Morgan fingerprint density at radius 1 is 1.12 bits per heavy atom. The number of imidazole rings is 1. The number of pyridine rings is 2. The summed E-state index contributed by atoms with van der Waals surface area (Å²) in [4.78, 5) is 11.7. The van der Waals surface area contributed by atoms with Crippen LogP contribution >= 0.6 is 0 Å². The minimum Gasteiger partial charge on any atom is -0.378 e. The molecule has 4 heterocycles. The molecule has 7 nitrogen and oxygen atoms in total. The highest BCUT2D eigenvalue weighted by Crippen LogP contribution is 2.29. The molecular weight excluding hydrogens is 349 g/mol. The molecule has 26 heavy (non-hydrogen) atoms. The molecule has 4 rings (SSSR count). The van der Waals surface area contributed by atoms with Crippen molar-refractivity contribution in [3.05, 3.63) is 60.6 Å². The Morgan fingerprint density at radius 3 is 2.73 bits per heavy atom. The maximum Gasteiger partial charge on any atom is 0.471 e. The molecule has 0 radical (unpaired) electrons. The highest BCUT2D eigenvalue weighted by atomic mass is 19.4. The molecule has 4 aromatic rings. The minimum absolute atomic E-state index is 0.158. The average molecular weight is 360 g/mol. The quantitative estimate of drug-likeness (QED) is 0.601. The second-order valence-corrected chi connectivity index (χ2v) is 5.42. The van der Waals surface area contributed by atoms with Crippen LogP contribution in [0.4, 0.5) is 18.9 Å². The van der Waals surface area contributed by atoms with Crippen molar-refractivity contribution in [1.82, 2.24) is 24.5 Å². The Bertz CT molecular complexity index is 1040. The lowest BCUT2D eigenvalue weighted by atomic mass is 10.2. The number of nitrogens with zero attached hydrogens (tertiary/aromatic N) is 5. The zero-order chi connectivity index (χ0) is 18.1. The van der Waals surface area contributed by atoms with Gasteiger partial charge in [-0.3, -0.25) is 4.98 Å². The van der Waals surface area contributed by atoms with Crippen LogP contribution in [0.1, 0.15) is 11.6 Å². The summed E-state index contributed by atoms with van der Waals surface area (Å²) in [5, 5.41) is 6.55. The standard InChI is InChI=1S/C16H11F3N6O/c17-16(18,19)15-23-14(24-26-15)10-1-2-11(21-7-10)8-22-12-3-4-13-20-5-6-25(13)9-12/h1-7,9,22H,8H2. The van der Waals surface area contributed by atoms with Crippen molar-refractivity contribution in [3.8, 4) is 11.4 Å². The first kappa shape index (κ1) is 16.1.